The summed E-state index contributed by atoms with van der Waals surface area (Å²) in [5.74, 6) is 0.283. The number of hydrogen-bond acceptors (Lipinski definition) is 5. The van der Waals surface area contributed by atoms with Crippen LogP contribution < -0.4 is 5.32 Å². The topological polar surface area (TPSA) is 68.5 Å². The zero-order valence-electron chi connectivity index (χ0n) is 12.2. The van der Waals surface area contributed by atoms with Gasteiger partial charge < -0.3 is 14.5 Å². The summed E-state index contributed by atoms with van der Waals surface area (Å²) in [7, 11) is 1.61. The summed E-state index contributed by atoms with van der Waals surface area (Å²) in [6.07, 6.45) is 3.69. The van der Waals surface area contributed by atoms with Crippen LogP contribution >= 0.6 is 11.8 Å². The van der Waals surface area contributed by atoms with Crippen LogP contribution in [-0.4, -0.2) is 46.3 Å². The highest BCUT2D eigenvalue weighted by Gasteiger charge is 2.11. The summed E-state index contributed by atoms with van der Waals surface area (Å²) in [4.78, 5) is 20.7. The number of fused-ring (bicyclic) bond motifs is 3. The van der Waals surface area contributed by atoms with E-state index in [9.17, 15) is 4.79 Å². The molecule has 0 spiro atoms. The maximum absolute atomic E-state index is 11.8. The molecule has 0 unspecified atom stereocenters. The number of thioether (sulfide) groups is 1. The van der Waals surface area contributed by atoms with Gasteiger partial charge in [0.25, 0.3) is 0 Å². The molecule has 3 rings (SSSR count). The number of methoxy groups -OCH3 is 1. The Labute approximate surface area is 131 Å². The van der Waals surface area contributed by atoms with Gasteiger partial charge in [0.05, 0.1) is 23.4 Å². The Morgan fingerprint density at radius 1 is 1.36 bits per heavy atom. The van der Waals surface area contributed by atoms with Crippen molar-refractivity contribution in [2.75, 3.05) is 26.0 Å². The SMILES string of the molecule is COCCNC(=O)CSc1nc2ncccc2n2cccc12. The van der Waals surface area contributed by atoms with E-state index < -0.39 is 0 Å². The van der Waals surface area contributed by atoms with Crippen LogP contribution in [0.15, 0.2) is 41.7 Å². The smallest absolute Gasteiger partial charge is 0.230 e. The summed E-state index contributed by atoms with van der Waals surface area (Å²) >= 11 is 1.41. The molecule has 3 aromatic heterocycles. The third-order valence-corrected chi connectivity index (χ3v) is 4.15. The quantitative estimate of drug-likeness (QED) is 0.554. The van der Waals surface area contributed by atoms with Gasteiger partial charge in [0, 0.05) is 26.0 Å². The van der Waals surface area contributed by atoms with Gasteiger partial charge in [-0.05, 0) is 24.3 Å². The van der Waals surface area contributed by atoms with E-state index in [-0.39, 0.29) is 5.91 Å². The minimum Gasteiger partial charge on any atom is -0.383 e. The van der Waals surface area contributed by atoms with Crippen LogP contribution in [0.4, 0.5) is 0 Å². The molecule has 7 heteroatoms. The molecule has 6 nitrogen and oxygen atoms in total. The molecule has 114 valence electrons. The molecular formula is C15H16N4O2S. The van der Waals surface area contributed by atoms with Crippen molar-refractivity contribution in [3.05, 3.63) is 36.7 Å². The first kappa shape index (κ1) is 14.8. The van der Waals surface area contributed by atoms with Gasteiger partial charge in [0.15, 0.2) is 5.65 Å². The van der Waals surface area contributed by atoms with Crippen LogP contribution in [0.2, 0.25) is 0 Å². The van der Waals surface area contributed by atoms with Crippen LogP contribution in [0, 0.1) is 0 Å². The van der Waals surface area contributed by atoms with Crippen LogP contribution in [-0.2, 0) is 9.53 Å². The average Bonchev–Trinajstić information content (AvgIpc) is 3.03. The Balaban J connectivity index is 1.80. The fourth-order valence-corrected chi connectivity index (χ4v) is 3.00. The lowest BCUT2D eigenvalue weighted by atomic mass is 10.4. The first-order valence-corrected chi connectivity index (χ1v) is 7.88. The number of pyridine rings is 1. The second-order valence-electron chi connectivity index (χ2n) is 4.66. The predicted molar refractivity (Wildman–Crippen MR) is 86.1 cm³/mol. The normalized spacial score (nSPS) is 11.1. The number of amides is 1. The first-order valence-electron chi connectivity index (χ1n) is 6.90. The molecule has 0 bridgehead atoms. The summed E-state index contributed by atoms with van der Waals surface area (Å²) in [5, 5.41) is 3.60. The van der Waals surface area contributed by atoms with E-state index >= 15 is 0 Å². The number of carbonyl (C=O) groups excluding carboxylic acids is 1. The van der Waals surface area contributed by atoms with Crippen LogP contribution in [0.5, 0.6) is 0 Å². The van der Waals surface area contributed by atoms with E-state index in [4.69, 9.17) is 4.74 Å². The molecule has 0 aliphatic heterocycles. The van der Waals surface area contributed by atoms with Crippen molar-refractivity contribution in [1.82, 2.24) is 19.7 Å². The summed E-state index contributed by atoms with van der Waals surface area (Å²) in [6.45, 7) is 1.03. The van der Waals surface area contributed by atoms with E-state index in [1.807, 2.05) is 34.9 Å². The van der Waals surface area contributed by atoms with Gasteiger partial charge >= 0.3 is 0 Å². The predicted octanol–water partition coefficient (Wildman–Crippen LogP) is 1.74. The first-order chi connectivity index (χ1) is 10.8. The molecule has 0 radical (unpaired) electrons. The molecule has 0 fully saturated rings. The van der Waals surface area contributed by atoms with Crippen molar-refractivity contribution in [2.24, 2.45) is 0 Å². The number of carbonyl (C=O) groups is 1. The lowest BCUT2D eigenvalue weighted by Gasteiger charge is -2.08. The van der Waals surface area contributed by atoms with E-state index in [0.29, 0.717) is 24.6 Å². The van der Waals surface area contributed by atoms with Crippen molar-refractivity contribution in [3.8, 4) is 0 Å². The Morgan fingerprint density at radius 3 is 3.09 bits per heavy atom. The Morgan fingerprint density at radius 2 is 2.23 bits per heavy atom. The van der Waals surface area contributed by atoms with Crippen molar-refractivity contribution in [3.63, 3.8) is 0 Å². The maximum atomic E-state index is 11.8. The van der Waals surface area contributed by atoms with Crippen molar-refractivity contribution in [2.45, 2.75) is 5.03 Å². The van der Waals surface area contributed by atoms with Gasteiger partial charge in [0.1, 0.15) is 5.03 Å². The molecule has 0 saturated heterocycles. The molecular weight excluding hydrogens is 300 g/mol. The van der Waals surface area contributed by atoms with Crippen LogP contribution in [0.25, 0.3) is 16.7 Å². The standard InChI is InChI=1S/C15H16N4O2S/c1-21-9-7-16-13(20)10-22-15-12-5-3-8-19(12)11-4-2-6-17-14(11)18-15/h2-6,8H,7,9-10H2,1H3,(H,16,20). The second-order valence-corrected chi connectivity index (χ2v) is 5.62. The molecule has 1 N–H and O–H groups in total. The average molecular weight is 316 g/mol. The van der Waals surface area contributed by atoms with E-state index in [2.05, 4.69) is 15.3 Å². The van der Waals surface area contributed by atoms with Crippen molar-refractivity contribution >= 4 is 34.3 Å². The largest absolute Gasteiger partial charge is 0.383 e. The second kappa shape index (κ2) is 6.76. The number of hydrogen-bond donors (Lipinski definition) is 1. The van der Waals surface area contributed by atoms with Gasteiger partial charge in [-0.25, -0.2) is 9.97 Å². The molecule has 0 aliphatic rings. The monoisotopic (exact) mass is 316 g/mol. The number of rotatable bonds is 6. The zero-order chi connectivity index (χ0) is 15.4. The Bertz CT molecular complexity index is 802. The van der Waals surface area contributed by atoms with Gasteiger partial charge in [-0.2, -0.15) is 0 Å². The van der Waals surface area contributed by atoms with Crippen molar-refractivity contribution in [1.29, 1.82) is 0 Å². The van der Waals surface area contributed by atoms with Crippen molar-refractivity contribution < 1.29 is 9.53 Å². The minimum atomic E-state index is -0.0327. The van der Waals surface area contributed by atoms with E-state index in [1.165, 1.54) is 11.8 Å². The van der Waals surface area contributed by atoms with Gasteiger partial charge in [-0.1, -0.05) is 11.8 Å². The maximum Gasteiger partial charge on any atom is 0.230 e. The van der Waals surface area contributed by atoms with Crippen LogP contribution in [0.1, 0.15) is 0 Å². The zero-order valence-corrected chi connectivity index (χ0v) is 13.0. The fourth-order valence-electron chi connectivity index (χ4n) is 2.17. The van der Waals surface area contributed by atoms with E-state index in [1.54, 1.807) is 13.3 Å². The minimum absolute atomic E-state index is 0.0327. The van der Waals surface area contributed by atoms with Gasteiger partial charge in [-0.3, -0.25) is 4.79 Å². The Hall–Kier alpha value is -2.12. The molecule has 3 aromatic rings. The molecule has 0 atom stereocenters. The third-order valence-electron chi connectivity index (χ3n) is 3.17. The molecule has 22 heavy (non-hydrogen) atoms. The number of nitrogens with one attached hydrogen (secondary N) is 1. The number of aromatic nitrogens is 3. The lowest BCUT2D eigenvalue weighted by Crippen LogP contribution is -2.28. The number of ether oxygens (including phenoxy) is 1. The molecule has 1 amide bonds. The summed E-state index contributed by atoms with van der Waals surface area (Å²) in [5.41, 5.74) is 2.61. The molecule has 0 aliphatic carbocycles. The molecule has 0 saturated carbocycles. The third kappa shape index (κ3) is 3.05. The van der Waals surface area contributed by atoms with E-state index in [0.717, 1.165) is 16.1 Å². The molecule has 0 aromatic carbocycles. The Kier molecular flexibility index (Phi) is 4.55. The fraction of sp³-hybridized carbons (Fsp3) is 0.267. The summed E-state index contributed by atoms with van der Waals surface area (Å²) < 4.78 is 6.95. The molecule has 3 heterocycles. The lowest BCUT2D eigenvalue weighted by molar-refractivity contribution is -0.118. The number of nitrogens with zero attached hydrogens (tertiary/aromatic N) is 3. The van der Waals surface area contributed by atoms with Gasteiger partial charge in [0.2, 0.25) is 5.91 Å². The van der Waals surface area contributed by atoms with Gasteiger partial charge in [-0.15, -0.1) is 0 Å². The van der Waals surface area contributed by atoms with Crippen LogP contribution in [0.3, 0.4) is 0 Å². The highest BCUT2D eigenvalue weighted by Crippen LogP contribution is 2.25. The summed E-state index contributed by atoms with van der Waals surface area (Å²) in [6, 6.07) is 7.82. The highest BCUT2D eigenvalue weighted by atomic mass is 32.2. The highest BCUT2D eigenvalue weighted by molar-refractivity contribution is 8.00.